The van der Waals surface area contributed by atoms with Crippen molar-refractivity contribution >= 4 is 17.8 Å². The fourth-order valence-corrected chi connectivity index (χ4v) is 4.68. The van der Waals surface area contributed by atoms with Crippen LogP contribution in [0.4, 0.5) is 4.79 Å². The Hall–Kier alpha value is -1.67. The van der Waals surface area contributed by atoms with Gasteiger partial charge < -0.3 is 19.9 Å². The van der Waals surface area contributed by atoms with Crippen molar-refractivity contribution in [2.45, 2.75) is 57.5 Å². The van der Waals surface area contributed by atoms with E-state index in [2.05, 4.69) is 24.1 Å². The Labute approximate surface area is 167 Å². The van der Waals surface area contributed by atoms with Gasteiger partial charge in [0.2, 0.25) is 5.91 Å². The van der Waals surface area contributed by atoms with Crippen LogP contribution in [-0.2, 0) is 14.3 Å². The molecule has 3 heterocycles. The first-order valence-electron chi connectivity index (χ1n) is 10.5. The molecule has 0 saturated carbocycles. The van der Waals surface area contributed by atoms with Crippen molar-refractivity contribution in [2.24, 2.45) is 5.92 Å². The number of carbonyl (C=O) groups excluding carboxylic acids is 3. The summed E-state index contributed by atoms with van der Waals surface area (Å²) in [7, 11) is 1.57. The molecule has 0 aromatic heterocycles. The highest BCUT2D eigenvalue weighted by Gasteiger charge is 2.54. The Bertz CT molecular complexity index is 601. The van der Waals surface area contributed by atoms with E-state index in [4.69, 9.17) is 4.74 Å². The number of ether oxygens (including phenoxy) is 1. The zero-order chi connectivity index (χ0) is 20.3. The van der Waals surface area contributed by atoms with E-state index in [-0.39, 0.29) is 23.9 Å². The first-order chi connectivity index (χ1) is 13.4. The first kappa shape index (κ1) is 21.0. The van der Waals surface area contributed by atoms with Crippen LogP contribution in [0.25, 0.3) is 0 Å². The minimum Gasteiger partial charge on any atom is -0.384 e. The molecule has 8 heteroatoms. The summed E-state index contributed by atoms with van der Waals surface area (Å²) >= 11 is 0. The van der Waals surface area contributed by atoms with Gasteiger partial charge in [-0.15, -0.1) is 0 Å². The van der Waals surface area contributed by atoms with E-state index in [9.17, 15) is 14.4 Å². The molecule has 0 aromatic carbocycles. The normalized spacial score (nSPS) is 25.6. The van der Waals surface area contributed by atoms with Crippen molar-refractivity contribution in [3.05, 3.63) is 0 Å². The SMILES string of the molecule is COCCC(=O)N1CCCC(N2C(=O)NC3(CCN(CC(C)C)CC3)C2=O)C1. The van der Waals surface area contributed by atoms with Crippen LogP contribution in [0.3, 0.4) is 0 Å². The number of piperidine rings is 2. The quantitative estimate of drug-likeness (QED) is 0.681. The van der Waals surface area contributed by atoms with Crippen LogP contribution in [-0.4, -0.2) is 90.6 Å². The zero-order valence-corrected chi connectivity index (χ0v) is 17.4. The zero-order valence-electron chi connectivity index (χ0n) is 17.4. The molecule has 4 amide bonds. The molecule has 3 aliphatic heterocycles. The number of hydrogen-bond acceptors (Lipinski definition) is 5. The van der Waals surface area contributed by atoms with Crippen LogP contribution in [0.5, 0.6) is 0 Å². The predicted molar refractivity (Wildman–Crippen MR) is 105 cm³/mol. The Balaban J connectivity index is 1.63. The van der Waals surface area contributed by atoms with Crippen LogP contribution in [0, 0.1) is 5.92 Å². The van der Waals surface area contributed by atoms with Gasteiger partial charge in [-0.25, -0.2) is 4.79 Å². The van der Waals surface area contributed by atoms with Crippen LogP contribution in [0.2, 0.25) is 0 Å². The van der Waals surface area contributed by atoms with Crippen LogP contribution in [0.1, 0.15) is 46.0 Å². The van der Waals surface area contributed by atoms with Gasteiger partial charge in [0.25, 0.3) is 5.91 Å². The number of imide groups is 1. The predicted octanol–water partition coefficient (Wildman–Crippen LogP) is 1.06. The lowest BCUT2D eigenvalue weighted by Gasteiger charge is -2.39. The number of carbonyl (C=O) groups is 3. The maximum atomic E-state index is 13.3. The molecule has 3 aliphatic rings. The van der Waals surface area contributed by atoms with Gasteiger partial charge in [-0.05, 0) is 31.6 Å². The van der Waals surface area contributed by atoms with Crippen molar-refractivity contribution in [1.29, 1.82) is 0 Å². The number of nitrogens with zero attached hydrogens (tertiary/aromatic N) is 3. The highest BCUT2D eigenvalue weighted by molar-refractivity contribution is 6.07. The van der Waals surface area contributed by atoms with Crippen LogP contribution >= 0.6 is 0 Å². The van der Waals surface area contributed by atoms with Gasteiger partial charge in [-0.3, -0.25) is 14.5 Å². The molecule has 158 valence electrons. The standard InChI is InChI=1S/C20H34N4O4/c1-15(2)13-22-10-7-20(8-11-22)18(26)24(19(27)21-20)16-5-4-9-23(14-16)17(25)6-12-28-3/h15-16H,4-14H2,1-3H3,(H,21,27). The first-order valence-corrected chi connectivity index (χ1v) is 10.5. The van der Waals surface area contributed by atoms with Gasteiger partial charge >= 0.3 is 6.03 Å². The average molecular weight is 395 g/mol. The summed E-state index contributed by atoms with van der Waals surface area (Å²) < 4.78 is 4.99. The van der Waals surface area contributed by atoms with E-state index in [1.807, 2.05) is 0 Å². The van der Waals surface area contributed by atoms with Gasteiger partial charge in [0, 0.05) is 39.8 Å². The van der Waals surface area contributed by atoms with Crippen molar-refractivity contribution in [3.8, 4) is 0 Å². The van der Waals surface area contributed by atoms with E-state index in [1.165, 1.54) is 4.90 Å². The van der Waals surface area contributed by atoms with E-state index in [0.29, 0.717) is 44.9 Å². The molecule has 1 spiro atoms. The fourth-order valence-electron chi connectivity index (χ4n) is 4.68. The van der Waals surface area contributed by atoms with Gasteiger partial charge in [0.1, 0.15) is 5.54 Å². The number of urea groups is 1. The molecular formula is C20H34N4O4. The lowest BCUT2D eigenvalue weighted by atomic mass is 9.86. The minimum atomic E-state index is -0.757. The van der Waals surface area contributed by atoms with Gasteiger partial charge in [-0.1, -0.05) is 13.8 Å². The molecular weight excluding hydrogens is 360 g/mol. The topological polar surface area (TPSA) is 82.2 Å². The van der Waals surface area contributed by atoms with Gasteiger partial charge in [0.15, 0.2) is 0 Å². The van der Waals surface area contributed by atoms with E-state index >= 15 is 0 Å². The summed E-state index contributed by atoms with van der Waals surface area (Å²) in [6.45, 7) is 8.54. The molecule has 0 aromatic rings. The lowest BCUT2D eigenvalue weighted by Crippen LogP contribution is -2.56. The smallest absolute Gasteiger partial charge is 0.325 e. The van der Waals surface area contributed by atoms with Crippen LogP contribution in [0.15, 0.2) is 0 Å². The number of nitrogens with one attached hydrogen (secondary N) is 1. The number of amides is 4. The second kappa shape index (κ2) is 8.78. The molecule has 0 radical (unpaired) electrons. The maximum absolute atomic E-state index is 13.3. The average Bonchev–Trinajstić information content (AvgIpc) is 2.91. The largest absolute Gasteiger partial charge is 0.384 e. The maximum Gasteiger partial charge on any atom is 0.325 e. The Morgan fingerprint density at radius 1 is 1.25 bits per heavy atom. The number of methoxy groups -OCH3 is 1. The van der Waals surface area contributed by atoms with Crippen molar-refractivity contribution < 1.29 is 19.1 Å². The number of rotatable bonds is 6. The summed E-state index contributed by atoms with van der Waals surface area (Å²) in [6.07, 6.45) is 3.20. The van der Waals surface area contributed by atoms with E-state index in [0.717, 1.165) is 32.5 Å². The molecule has 8 nitrogen and oxygen atoms in total. The number of hydrogen-bond donors (Lipinski definition) is 1. The molecule has 0 aliphatic carbocycles. The molecule has 0 bridgehead atoms. The Morgan fingerprint density at radius 2 is 1.96 bits per heavy atom. The summed E-state index contributed by atoms with van der Waals surface area (Å²) in [6, 6.07) is -0.528. The second-order valence-corrected chi connectivity index (χ2v) is 8.76. The Morgan fingerprint density at radius 3 is 2.61 bits per heavy atom. The molecule has 3 fully saturated rings. The molecule has 1 atom stereocenters. The molecule has 1 N–H and O–H groups in total. The van der Waals surface area contributed by atoms with E-state index < -0.39 is 5.54 Å². The third-order valence-corrected chi connectivity index (χ3v) is 6.16. The lowest BCUT2D eigenvalue weighted by molar-refractivity contribution is -0.139. The highest BCUT2D eigenvalue weighted by Crippen LogP contribution is 2.32. The van der Waals surface area contributed by atoms with Crippen molar-refractivity contribution in [1.82, 2.24) is 20.0 Å². The third-order valence-electron chi connectivity index (χ3n) is 6.16. The molecule has 1 unspecified atom stereocenters. The van der Waals surface area contributed by atoms with E-state index in [1.54, 1.807) is 12.0 Å². The summed E-state index contributed by atoms with van der Waals surface area (Å²) in [4.78, 5) is 43.9. The molecule has 3 rings (SSSR count). The highest BCUT2D eigenvalue weighted by atomic mass is 16.5. The van der Waals surface area contributed by atoms with Crippen molar-refractivity contribution in [3.63, 3.8) is 0 Å². The Kier molecular flexibility index (Phi) is 6.60. The fraction of sp³-hybridized carbons (Fsp3) is 0.850. The summed E-state index contributed by atoms with van der Waals surface area (Å²) in [5.41, 5.74) is -0.757. The second-order valence-electron chi connectivity index (χ2n) is 8.76. The number of likely N-dealkylation sites (tertiary alicyclic amines) is 2. The minimum absolute atomic E-state index is 0.0234. The van der Waals surface area contributed by atoms with Crippen molar-refractivity contribution in [2.75, 3.05) is 46.4 Å². The van der Waals surface area contributed by atoms with Gasteiger partial charge in [-0.2, -0.15) is 0 Å². The van der Waals surface area contributed by atoms with Gasteiger partial charge in [0.05, 0.1) is 19.1 Å². The molecule has 3 saturated heterocycles. The molecule has 28 heavy (non-hydrogen) atoms. The monoisotopic (exact) mass is 394 g/mol. The third kappa shape index (κ3) is 4.33. The summed E-state index contributed by atoms with van der Waals surface area (Å²) in [5.74, 6) is 0.511. The summed E-state index contributed by atoms with van der Waals surface area (Å²) in [5, 5.41) is 3.01. The van der Waals surface area contributed by atoms with Crippen LogP contribution < -0.4 is 5.32 Å².